The number of carbonyl (C=O) groups is 2. The van der Waals surface area contributed by atoms with E-state index in [2.05, 4.69) is 0 Å². The van der Waals surface area contributed by atoms with E-state index >= 15 is 8.78 Å². The van der Waals surface area contributed by atoms with Gasteiger partial charge in [0.25, 0.3) is 0 Å². The Labute approximate surface area is 210 Å². The van der Waals surface area contributed by atoms with Gasteiger partial charge in [0, 0.05) is 35.7 Å². The number of esters is 1. The van der Waals surface area contributed by atoms with Crippen molar-refractivity contribution in [2.45, 2.75) is 12.8 Å². The summed E-state index contributed by atoms with van der Waals surface area (Å²) < 4.78 is 43.8. The second kappa shape index (κ2) is 8.69. The number of methoxy groups -OCH3 is 1. The summed E-state index contributed by atoms with van der Waals surface area (Å²) in [6.45, 7) is 2.89. The minimum atomic E-state index is -1.20. The molecule has 3 heterocycles. The fraction of sp³-hybridized carbons (Fsp3) is 0.250. The lowest BCUT2D eigenvalue weighted by molar-refractivity contribution is 0.0599. The van der Waals surface area contributed by atoms with Crippen LogP contribution in [-0.2, 0) is 4.74 Å². The van der Waals surface area contributed by atoms with E-state index in [1.165, 1.54) is 37.4 Å². The second-order valence-electron chi connectivity index (χ2n) is 9.31. The number of hydrogen-bond donors (Lipinski definition) is 1. The molecule has 2 aromatic rings. The molecule has 37 heavy (non-hydrogen) atoms. The van der Waals surface area contributed by atoms with Crippen LogP contribution in [0.3, 0.4) is 0 Å². The maximum atomic E-state index is 15.4. The number of halogens is 2. The Morgan fingerprint density at radius 1 is 1.00 bits per heavy atom. The third-order valence-electron chi connectivity index (χ3n) is 7.19. The molecule has 6 rings (SSSR count). The molecule has 2 aromatic carbocycles. The molecule has 3 aliphatic heterocycles. The summed E-state index contributed by atoms with van der Waals surface area (Å²) in [6, 6.07) is 9.79. The predicted molar refractivity (Wildman–Crippen MR) is 133 cm³/mol. The third-order valence-corrected chi connectivity index (χ3v) is 7.19. The van der Waals surface area contributed by atoms with Crippen LogP contribution in [0.4, 0.5) is 14.5 Å². The molecule has 0 saturated carbocycles. The van der Waals surface area contributed by atoms with Gasteiger partial charge in [0.15, 0.2) is 5.82 Å². The number of ether oxygens (including phenoxy) is 1. The lowest BCUT2D eigenvalue weighted by Gasteiger charge is -2.33. The minimum Gasteiger partial charge on any atom is -0.478 e. The van der Waals surface area contributed by atoms with Crippen molar-refractivity contribution in [2.24, 2.45) is 0 Å². The summed E-state index contributed by atoms with van der Waals surface area (Å²) in [7, 11) is 1.21. The number of aromatic carboxylic acids is 1. The Kier molecular flexibility index (Phi) is 5.43. The first-order valence-electron chi connectivity index (χ1n) is 12.0. The zero-order chi connectivity index (χ0) is 25.8. The highest BCUT2D eigenvalue weighted by atomic mass is 19.1. The Morgan fingerprint density at radius 2 is 1.78 bits per heavy atom. The van der Waals surface area contributed by atoms with Gasteiger partial charge in [-0.25, -0.2) is 18.6 Å². The maximum Gasteiger partial charge on any atom is 0.338 e. The second-order valence-corrected chi connectivity index (χ2v) is 9.31. The van der Waals surface area contributed by atoms with E-state index in [1.54, 1.807) is 12.1 Å². The van der Waals surface area contributed by atoms with Crippen LogP contribution in [0, 0.1) is 11.6 Å². The van der Waals surface area contributed by atoms with Crippen LogP contribution in [0.25, 0.3) is 33.4 Å². The van der Waals surface area contributed by atoms with Crippen molar-refractivity contribution in [2.75, 3.05) is 38.2 Å². The zero-order valence-corrected chi connectivity index (χ0v) is 20.0. The number of fused-ring (bicyclic) bond motifs is 2. The number of anilines is 1. The number of benzene rings is 3. The lowest BCUT2D eigenvalue weighted by Crippen LogP contribution is -2.42. The van der Waals surface area contributed by atoms with Gasteiger partial charge in [-0.05, 0) is 42.3 Å². The number of nitrogens with zero attached hydrogens (tertiary/aromatic N) is 2. The molecular formula is C28H23F2N2O5+. The fourth-order valence-corrected chi connectivity index (χ4v) is 4.97. The van der Waals surface area contributed by atoms with Crippen molar-refractivity contribution in [1.82, 2.24) is 4.58 Å². The number of carbonyl (C=O) groups excluding carboxylic acids is 1. The summed E-state index contributed by atoms with van der Waals surface area (Å²) in [5.74, 6) is -2.55. The van der Waals surface area contributed by atoms with Gasteiger partial charge in [0.2, 0.25) is 5.36 Å². The van der Waals surface area contributed by atoms with Gasteiger partial charge in [-0.15, -0.1) is 0 Å². The van der Waals surface area contributed by atoms with Crippen molar-refractivity contribution >= 4 is 28.6 Å². The predicted octanol–water partition coefficient (Wildman–Crippen LogP) is 4.35. The highest BCUT2D eigenvalue weighted by Gasteiger charge is 2.28. The third kappa shape index (κ3) is 3.73. The number of carboxylic acid groups (broad SMARTS) is 1. The normalized spacial score (nSPS) is 15.0. The van der Waals surface area contributed by atoms with Gasteiger partial charge in [-0.1, -0.05) is 0 Å². The van der Waals surface area contributed by atoms with Gasteiger partial charge in [0.05, 0.1) is 36.4 Å². The fourth-order valence-electron chi connectivity index (χ4n) is 4.97. The summed E-state index contributed by atoms with van der Waals surface area (Å²) in [6.07, 6.45) is 1.92. The minimum absolute atomic E-state index is 0.0701. The van der Waals surface area contributed by atoms with Gasteiger partial charge in [-0.2, -0.15) is 4.39 Å². The first kappa shape index (κ1) is 23.1. The van der Waals surface area contributed by atoms with E-state index in [-0.39, 0.29) is 27.6 Å². The molecule has 1 N–H and O–H groups in total. The molecule has 9 heteroatoms. The summed E-state index contributed by atoms with van der Waals surface area (Å²) in [5, 5.41) is 10.3. The highest BCUT2D eigenvalue weighted by molar-refractivity contribution is 6.09. The van der Waals surface area contributed by atoms with Crippen LogP contribution >= 0.6 is 0 Å². The van der Waals surface area contributed by atoms with E-state index in [0.29, 0.717) is 28.0 Å². The largest absolute Gasteiger partial charge is 0.478 e. The molecule has 0 unspecified atom stereocenters. The topological polar surface area (TPSA) is 83.0 Å². The molecule has 0 atom stereocenters. The Morgan fingerprint density at radius 3 is 2.41 bits per heavy atom. The first-order chi connectivity index (χ1) is 17.9. The molecule has 2 fully saturated rings. The average molecular weight is 505 g/mol. The van der Waals surface area contributed by atoms with Crippen LogP contribution in [0.2, 0.25) is 0 Å². The van der Waals surface area contributed by atoms with Crippen molar-refractivity contribution in [3.63, 3.8) is 0 Å². The molecule has 0 bridgehead atoms. The van der Waals surface area contributed by atoms with Crippen LogP contribution in [-0.4, -0.2) is 50.3 Å². The molecule has 188 valence electrons. The molecule has 4 aliphatic rings. The lowest BCUT2D eigenvalue weighted by atomic mass is 9.89. The quantitative estimate of drug-likeness (QED) is 0.252. The molecule has 0 aromatic heterocycles. The maximum absolute atomic E-state index is 15.4. The molecule has 0 radical (unpaired) electrons. The summed E-state index contributed by atoms with van der Waals surface area (Å²) in [5.41, 5.74) is 1.49. The molecule has 0 spiro atoms. The summed E-state index contributed by atoms with van der Waals surface area (Å²) in [4.78, 5) is 26.4. The van der Waals surface area contributed by atoms with Crippen molar-refractivity contribution in [3.8, 4) is 22.5 Å². The van der Waals surface area contributed by atoms with Gasteiger partial charge in [-0.3, -0.25) is 0 Å². The van der Waals surface area contributed by atoms with Gasteiger partial charge >= 0.3 is 11.9 Å². The smallest absolute Gasteiger partial charge is 0.338 e. The molecule has 7 nitrogen and oxygen atoms in total. The number of hydrogen-bond acceptors (Lipinski definition) is 5. The first-order valence-corrected chi connectivity index (χ1v) is 12.0. The van der Waals surface area contributed by atoms with E-state index in [1.807, 2.05) is 9.48 Å². The summed E-state index contributed by atoms with van der Waals surface area (Å²) >= 11 is 0. The monoisotopic (exact) mass is 505 g/mol. The zero-order valence-electron chi connectivity index (χ0n) is 20.0. The van der Waals surface area contributed by atoms with E-state index < -0.39 is 23.6 Å². The number of carboxylic acids is 1. The van der Waals surface area contributed by atoms with E-state index in [9.17, 15) is 14.7 Å². The van der Waals surface area contributed by atoms with Crippen molar-refractivity contribution in [1.29, 1.82) is 0 Å². The molecule has 1 aliphatic carbocycles. The van der Waals surface area contributed by atoms with Crippen LogP contribution in [0.1, 0.15) is 33.6 Å². The number of rotatable bonds is 4. The highest BCUT2D eigenvalue weighted by Crippen LogP contribution is 2.43. The van der Waals surface area contributed by atoms with Gasteiger partial charge in [0.1, 0.15) is 30.3 Å². The van der Waals surface area contributed by atoms with Crippen LogP contribution in [0.15, 0.2) is 46.9 Å². The van der Waals surface area contributed by atoms with E-state index in [4.69, 9.17) is 9.15 Å². The SMILES string of the molecule is COC(=O)c1ccc(C(=O)O)cc1-c1c2cc(F)c(=[N+]3CCC3)cc-2oc2cc(N3CCC3)c(F)cc12. The van der Waals surface area contributed by atoms with Crippen molar-refractivity contribution < 1.29 is 32.6 Å². The Bertz CT molecular complexity index is 1650. The molecule has 2 saturated heterocycles. The van der Waals surface area contributed by atoms with Crippen LogP contribution in [0.5, 0.6) is 0 Å². The average Bonchev–Trinajstić information content (AvgIpc) is 2.81. The molecular weight excluding hydrogens is 482 g/mol. The Balaban J connectivity index is 1.75. The Hall–Kier alpha value is -4.27. The van der Waals surface area contributed by atoms with E-state index in [0.717, 1.165) is 39.0 Å². The van der Waals surface area contributed by atoms with Crippen molar-refractivity contribution in [3.05, 3.63) is 70.6 Å². The van der Waals surface area contributed by atoms with Gasteiger partial charge < -0.3 is 19.2 Å². The molecule has 0 amide bonds. The standard InChI is InChI=1S/C28H22F2N2O5/c1-36-28(35)16-5-4-15(27(33)34)10-17(16)26-18-11-20(29)22(31-6-2-7-31)13-24(18)37-25-14-23(32-8-3-9-32)21(30)12-19(25)26/h4-5,10-14H,2-3,6-9H2,1H3/p+1. The van der Waals surface area contributed by atoms with Crippen LogP contribution < -0.4 is 14.8 Å².